The summed E-state index contributed by atoms with van der Waals surface area (Å²) < 4.78 is 21.1. The molecule has 7 nitrogen and oxygen atoms in total. The molecular weight excluding hydrogens is 447 g/mol. The first kappa shape index (κ1) is 26.1. The van der Waals surface area contributed by atoms with Gasteiger partial charge in [0.05, 0.1) is 16.9 Å². The summed E-state index contributed by atoms with van der Waals surface area (Å²) in [6, 6.07) is 15.4. The van der Waals surface area contributed by atoms with E-state index >= 15 is 0 Å². The summed E-state index contributed by atoms with van der Waals surface area (Å²) in [6.07, 6.45) is 0.513. The predicted octanol–water partition coefficient (Wildman–Crippen LogP) is 4.73. The van der Waals surface area contributed by atoms with E-state index in [2.05, 4.69) is 5.32 Å². The molecule has 0 fully saturated rings. The maximum atomic E-state index is 14.3. The molecule has 0 bridgehead atoms. The largest absolute Gasteiger partial charge is 0.385 e. The Bertz CT molecular complexity index is 1180. The van der Waals surface area contributed by atoms with Gasteiger partial charge in [-0.25, -0.2) is 9.07 Å². The monoisotopic (exact) mass is 480 g/mol. The number of halogens is 1. The molecule has 0 atom stereocenters. The van der Waals surface area contributed by atoms with Gasteiger partial charge in [0.15, 0.2) is 0 Å². The number of aryl methyl sites for hydroxylation is 1. The highest BCUT2D eigenvalue weighted by atomic mass is 19.1. The van der Waals surface area contributed by atoms with Gasteiger partial charge in [-0.05, 0) is 43.2 Å². The molecule has 1 N–H and O–H groups in total. The third-order valence-electron chi connectivity index (χ3n) is 5.49. The van der Waals surface area contributed by atoms with Gasteiger partial charge in [0.1, 0.15) is 18.2 Å². The second-order valence-electron chi connectivity index (χ2n) is 9.52. The number of anilines is 1. The Morgan fingerprint density at radius 2 is 1.86 bits per heavy atom. The summed E-state index contributed by atoms with van der Waals surface area (Å²) in [5.41, 5.74) is 2.38. The fourth-order valence-electron chi connectivity index (χ4n) is 3.61. The molecule has 1 aromatic heterocycles. The first-order valence-electron chi connectivity index (χ1n) is 11.6. The van der Waals surface area contributed by atoms with Gasteiger partial charge < -0.3 is 15.0 Å². The van der Waals surface area contributed by atoms with Gasteiger partial charge in [-0.3, -0.25) is 9.59 Å². The van der Waals surface area contributed by atoms with Crippen LogP contribution in [0.2, 0.25) is 0 Å². The zero-order chi connectivity index (χ0) is 25.6. The minimum absolute atomic E-state index is 0.0717. The van der Waals surface area contributed by atoms with Crippen molar-refractivity contribution in [2.75, 3.05) is 32.1 Å². The molecule has 0 saturated carbocycles. The molecule has 3 rings (SSSR count). The maximum Gasteiger partial charge on any atom is 0.257 e. The fraction of sp³-hybridized carbons (Fsp3) is 0.370. The number of methoxy groups -OCH3 is 1. The molecule has 186 valence electrons. The first-order valence-corrected chi connectivity index (χ1v) is 11.6. The van der Waals surface area contributed by atoms with Crippen LogP contribution in [0.15, 0.2) is 54.6 Å². The van der Waals surface area contributed by atoms with Crippen molar-refractivity contribution in [3.63, 3.8) is 0 Å². The highest BCUT2D eigenvalue weighted by Crippen LogP contribution is 2.26. The summed E-state index contributed by atoms with van der Waals surface area (Å²) in [6.45, 7) is 8.56. The van der Waals surface area contributed by atoms with E-state index in [-0.39, 0.29) is 24.1 Å². The molecule has 1 heterocycles. The van der Waals surface area contributed by atoms with E-state index in [0.717, 1.165) is 16.9 Å². The van der Waals surface area contributed by atoms with Gasteiger partial charge in [0.25, 0.3) is 5.91 Å². The number of carbonyl (C=O) groups is 2. The smallest absolute Gasteiger partial charge is 0.257 e. The number of rotatable bonds is 9. The van der Waals surface area contributed by atoms with Crippen molar-refractivity contribution in [1.82, 2.24) is 14.7 Å². The summed E-state index contributed by atoms with van der Waals surface area (Å²) in [5.74, 6) is -1.07. The van der Waals surface area contributed by atoms with E-state index in [9.17, 15) is 14.0 Å². The van der Waals surface area contributed by atoms with Crippen molar-refractivity contribution in [1.29, 1.82) is 0 Å². The van der Waals surface area contributed by atoms with Gasteiger partial charge in [0, 0.05) is 31.7 Å². The Kier molecular flexibility index (Phi) is 8.40. The van der Waals surface area contributed by atoms with E-state index in [4.69, 9.17) is 9.84 Å². The summed E-state index contributed by atoms with van der Waals surface area (Å²) in [7, 11) is 1.56. The van der Waals surface area contributed by atoms with Crippen molar-refractivity contribution in [3.05, 3.63) is 77.2 Å². The molecule has 0 aliphatic heterocycles. The van der Waals surface area contributed by atoms with Gasteiger partial charge in [-0.2, -0.15) is 5.10 Å². The molecule has 0 saturated heterocycles. The molecule has 2 aromatic carbocycles. The third kappa shape index (κ3) is 6.76. The summed E-state index contributed by atoms with van der Waals surface area (Å²) in [5, 5.41) is 7.64. The normalized spacial score (nSPS) is 11.4. The number of aromatic nitrogens is 2. The first-order chi connectivity index (χ1) is 16.6. The predicted molar refractivity (Wildman–Crippen MR) is 134 cm³/mol. The molecule has 0 aliphatic carbocycles. The molecule has 0 aliphatic rings. The topological polar surface area (TPSA) is 76.5 Å². The number of benzene rings is 2. The van der Waals surface area contributed by atoms with Gasteiger partial charge in [-0.15, -0.1) is 0 Å². The Hall–Kier alpha value is -3.52. The van der Waals surface area contributed by atoms with E-state index in [1.807, 2.05) is 58.0 Å². The number of nitrogens with zero attached hydrogens (tertiary/aromatic N) is 3. The molecular formula is C27H33FN4O3. The van der Waals surface area contributed by atoms with Crippen LogP contribution in [0.5, 0.6) is 0 Å². The van der Waals surface area contributed by atoms with Crippen LogP contribution in [0.4, 0.5) is 10.2 Å². The van der Waals surface area contributed by atoms with Crippen molar-refractivity contribution in [2.24, 2.45) is 0 Å². The second kappa shape index (κ2) is 11.3. The van der Waals surface area contributed by atoms with Crippen molar-refractivity contribution in [2.45, 2.75) is 39.5 Å². The van der Waals surface area contributed by atoms with Gasteiger partial charge >= 0.3 is 0 Å². The second-order valence-corrected chi connectivity index (χ2v) is 9.52. The zero-order valence-corrected chi connectivity index (χ0v) is 21.0. The summed E-state index contributed by atoms with van der Waals surface area (Å²) in [4.78, 5) is 27.5. The summed E-state index contributed by atoms with van der Waals surface area (Å²) >= 11 is 0. The Labute approximate surface area is 205 Å². The molecule has 0 radical (unpaired) electrons. The fourth-order valence-corrected chi connectivity index (χ4v) is 3.61. The van der Waals surface area contributed by atoms with Crippen LogP contribution in [0.1, 0.15) is 48.8 Å². The molecule has 0 spiro atoms. The van der Waals surface area contributed by atoms with E-state index in [0.29, 0.717) is 18.8 Å². The zero-order valence-electron chi connectivity index (χ0n) is 21.0. The average molecular weight is 481 g/mol. The maximum absolute atomic E-state index is 14.3. The highest BCUT2D eigenvalue weighted by Gasteiger charge is 2.24. The number of hydrogen-bond donors (Lipinski definition) is 1. The molecule has 3 aromatic rings. The number of amides is 2. The van der Waals surface area contributed by atoms with Crippen molar-refractivity contribution >= 4 is 17.6 Å². The van der Waals surface area contributed by atoms with Crippen LogP contribution in [0.3, 0.4) is 0 Å². The molecule has 2 amide bonds. The number of nitrogens with one attached hydrogen (secondary N) is 1. The van der Waals surface area contributed by atoms with Gasteiger partial charge in [0.2, 0.25) is 5.91 Å². The van der Waals surface area contributed by atoms with E-state index in [1.54, 1.807) is 17.9 Å². The third-order valence-corrected chi connectivity index (χ3v) is 5.49. The van der Waals surface area contributed by atoms with Crippen LogP contribution in [-0.2, 0) is 14.9 Å². The highest BCUT2D eigenvalue weighted by molar-refractivity contribution is 5.99. The minimum atomic E-state index is -0.623. The Balaban J connectivity index is 1.86. The van der Waals surface area contributed by atoms with Crippen LogP contribution < -0.4 is 5.32 Å². The lowest BCUT2D eigenvalue weighted by Crippen LogP contribution is -2.39. The molecule has 8 heteroatoms. The number of hydrogen-bond acceptors (Lipinski definition) is 4. The lowest BCUT2D eigenvalue weighted by Gasteiger charge is -2.22. The van der Waals surface area contributed by atoms with Gasteiger partial charge in [-0.1, -0.05) is 45.0 Å². The Morgan fingerprint density at radius 1 is 1.11 bits per heavy atom. The van der Waals surface area contributed by atoms with Crippen LogP contribution in [0, 0.1) is 12.7 Å². The van der Waals surface area contributed by atoms with E-state index in [1.165, 1.54) is 23.1 Å². The van der Waals surface area contributed by atoms with E-state index < -0.39 is 17.6 Å². The number of ether oxygens (including phenoxy) is 1. The minimum Gasteiger partial charge on any atom is -0.385 e. The lowest BCUT2D eigenvalue weighted by molar-refractivity contribution is -0.117. The van der Waals surface area contributed by atoms with Crippen molar-refractivity contribution in [3.8, 4) is 5.69 Å². The lowest BCUT2D eigenvalue weighted by atomic mass is 9.92. The molecule has 0 unspecified atom stereocenters. The SMILES string of the molecule is COCCCN(CC(=O)Nc1cc(C(C)(C)C)nn1-c1cccc(C)c1)C(=O)c1ccccc1F. The Morgan fingerprint density at radius 3 is 2.51 bits per heavy atom. The number of carbonyl (C=O) groups excluding carboxylic acids is 2. The van der Waals surface area contributed by atoms with Crippen LogP contribution in [-0.4, -0.2) is 53.3 Å². The van der Waals surface area contributed by atoms with Crippen LogP contribution >= 0.6 is 0 Å². The average Bonchev–Trinajstić information content (AvgIpc) is 3.23. The quantitative estimate of drug-likeness (QED) is 0.449. The van der Waals surface area contributed by atoms with Crippen LogP contribution in [0.25, 0.3) is 5.69 Å². The standard InChI is InChI=1S/C27H33FN4O3/c1-19-10-8-11-20(16-19)32-24(17-23(30-32)27(2,3)4)29-25(33)18-31(14-9-15-35-5)26(34)21-12-6-7-13-22(21)28/h6-8,10-13,16-17H,9,14-15,18H2,1-5H3,(H,29,33). The van der Waals surface area contributed by atoms with Crippen molar-refractivity contribution < 1.29 is 18.7 Å². The molecule has 35 heavy (non-hydrogen) atoms.